The third-order valence-electron chi connectivity index (χ3n) is 4.39. The number of amides is 2. The smallest absolute Gasteiger partial charge is 0.253 e. The van der Waals surface area contributed by atoms with Crippen molar-refractivity contribution in [2.24, 2.45) is 0 Å². The van der Waals surface area contributed by atoms with Crippen molar-refractivity contribution in [1.82, 2.24) is 10.6 Å². The van der Waals surface area contributed by atoms with E-state index >= 15 is 0 Å². The zero-order valence-corrected chi connectivity index (χ0v) is 18.1. The predicted octanol–water partition coefficient (Wildman–Crippen LogP) is 4.22. The Hall–Kier alpha value is -2.25. The lowest BCUT2D eigenvalue weighted by Gasteiger charge is -2.22. The molecule has 29 heavy (non-hydrogen) atoms. The Morgan fingerprint density at radius 2 is 1.93 bits per heavy atom. The van der Waals surface area contributed by atoms with Crippen LogP contribution in [-0.2, 0) is 4.79 Å². The van der Waals surface area contributed by atoms with Gasteiger partial charge in [-0.15, -0.1) is 0 Å². The molecule has 2 aromatic rings. The fourth-order valence-corrected chi connectivity index (χ4v) is 3.43. The molecule has 0 fully saturated rings. The highest BCUT2D eigenvalue weighted by Crippen LogP contribution is 2.22. The largest absolute Gasteiger partial charge is 0.494 e. The van der Waals surface area contributed by atoms with E-state index in [4.69, 9.17) is 16.3 Å². The first-order valence-electron chi connectivity index (χ1n) is 9.05. The molecule has 5 nitrogen and oxygen atoms in total. The van der Waals surface area contributed by atoms with Crippen molar-refractivity contribution in [3.05, 3.63) is 64.4 Å². The molecular formula is C21H24ClFN2O3S. The van der Waals surface area contributed by atoms with E-state index in [1.54, 1.807) is 49.0 Å². The predicted molar refractivity (Wildman–Crippen MR) is 115 cm³/mol. The molecule has 0 aromatic heterocycles. The van der Waals surface area contributed by atoms with Crippen LogP contribution in [0.1, 0.15) is 35.3 Å². The van der Waals surface area contributed by atoms with Crippen LogP contribution in [0.3, 0.4) is 0 Å². The molecule has 0 aliphatic heterocycles. The van der Waals surface area contributed by atoms with Gasteiger partial charge >= 0.3 is 0 Å². The lowest BCUT2D eigenvalue weighted by Crippen LogP contribution is -2.47. The summed E-state index contributed by atoms with van der Waals surface area (Å²) in [7, 11) is 1.39. The second-order valence-electron chi connectivity index (χ2n) is 6.41. The molecule has 0 radical (unpaired) electrons. The summed E-state index contributed by atoms with van der Waals surface area (Å²) in [4.78, 5) is 25.4. The third kappa shape index (κ3) is 6.37. The SMILES string of the molecule is COc1ccc(C(C)NC(=O)C(CCSC)NC(=O)c2ccccc2Cl)cc1F. The van der Waals surface area contributed by atoms with Crippen LogP contribution in [0.2, 0.25) is 5.02 Å². The van der Waals surface area contributed by atoms with Crippen molar-refractivity contribution in [2.75, 3.05) is 19.1 Å². The molecule has 0 spiro atoms. The van der Waals surface area contributed by atoms with E-state index in [0.717, 1.165) is 0 Å². The second-order valence-corrected chi connectivity index (χ2v) is 7.80. The van der Waals surface area contributed by atoms with Gasteiger partial charge in [0.25, 0.3) is 5.91 Å². The molecule has 0 aliphatic carbocycles. The molecule has 156 valence electrons. The fraction of sp³-hybridized carbons (Fsp3) is 0.333. The van der Waals surface area contributed by atoms with E-state index in [1.165, 1.54) is 19.2 Å². The standard InChI is InChI=1S/C21H24ClFN2O3S/c1-13(14-8-9-19(28-2)17(23)12-14)24-21(27)18(10-11-29-3)25-20(26)15-6-4-5-7-16(15)22/h4-9,12-13,18H,10-11H2,1-3H3,(H,24,27)(H,25,26). The van der Waals surface area contributed by atoms with Crippen LogP contribution in [0.25, 0.3) is 0 Å². The van der Waals surface area contributed by atoms with E-state index in [9.17, 15) is 14.0 Å². The Balaban J connectivity index is 2.10. The first-order chi connectivity index (χ1) is 13.9. The zero-order chi connectivity index (χ0) is 21.4. The van der Waals surface area contributed by atoms with E-state index in [1.807, 2.05) is 6.26 Å². The topological polar surface area (TPSA) is 67.4 Å². The van der Waals surface area contributed by atoms with E-state index < -0.39 is 23.8 Å². The lowest BCUT2D eigenvalue weighted by molar-refractivity contribution is -0.123. The Bertz CT molecular complexity index is 866. The normalized spacial score (nSPS) is 12.7. The molecule has 2 rings (SSSR count). The molecule has 2 amide bonds. The highest BCUT2D eigenvalue weighted by molar-refractivity contribution is 7.98. The number of hydrogen-bond acceptors (Lipinski definition) is 4. The van der Waals surface area contributed by atoms with Gasteiger partial charge in [-0.3, -0.25) is 9.59 Å². The van der Waals surface area contributed by atoms with Crippen molar-refractivity contribution >= 4 is 35.2 Å². The molecule has 2 aromatic carbocycles. The number of methoxy groups -OCH3 is 1. The van der Waals surface area contributed by atoms with Crippen molar-refractivity contribution in [2.45, 2.75) is 25.4 Å². The van der Waals surface area contributed by atoms with Crippen molar-refractivity contribution in [3.63, 3.8) is 0 Å². The van der Waals surface area contributed by atoms with Gasteiger partial charge in [-0.1, -0.05) is 29.8 Å². The monoisotopic (exact) mass is 438 g/mol. The Morgan fingerprint density at radius 3 is 2.55 bits per heavy atom. The fourth-order valence-electron chi connectivity index (χ4n) is 2.74. The minimum atomic E-state index is -0.739. The number of benzene rings is 2. The Labute approximate surface area is 179 Å². The van der Waals surface area contributed by atoms with Gasteiger partial charge in [-0.2, -0.15) is 11.8 Å². The number of ether oxygens (including phenoxy) is 1. The third-order valence-corrected chi connectivity index (χ3v) is 5.36. The molecule has 2 unspecified atom stereocenters. The number of halogens is 2. The van der Waals surface area contributed by atoms with Crippen LogP contribution in [0.5, 0.6) is 5.75 Å². The molecule has 0 aliphatic rings. The minimum Gasteiger partial charge on any atom is -0.494 e. The summed E-state index contributed by atoms with van der Waals surface area (Å²) in [6.45, 7) is 1.75. The van der Waals surface area contributed by atoms with E-state index in [2.05, 4.69) is 10.6 Å². The summed E-state index contributed by atoms with van der Waals surface area (Å²) in [6.07, 6.45) is 2.38. The van der Waals surface area contributed by atoms with Crippen molar-refractivity contribution < 1.29 is 18.7 Å². The minimum absolute atomic E-state index is 0.136. The second kappa shape index (κ2) is 11.1. The number of carbonyl (C=O) groups is 2. The quantitative estimate of drug-likeness (QED) is 0.615. The van der Waals surface area contributed by atoms with Gasteiger partial charge < -0.3 is 15.4 Å². The summed E-state index contributed by atoms with van der Waals surface area (Å²) < 4.78 is 18.9. The van der Waals surface area contributed by atoms with Crippen molar-refractivity contribution in [1.29, 1.82) is 0 Å². The van der Waals surface area contributed by atoms with Crippen LogP contribution >= 0.6 is 23.4 Å². The van der Waals surface area contributed by atoms with Crippen LogP contribution < -0.4 is 15.4 Å². The van der Waals surface area contributed by atoms with Crippen LogP contribution in [0.15, 0.2) is 42.5 Å². The summed E-state index contributed by atoms with van der Waals surface area (Å²) >= 11 is 7.65. The first-order valence-corrected chi connectivity index (χ1v) is 10.8. The zero-order valence-electron chi connectivity index (χ0n) is 16.5. The van der Waals surface area contributed by atoms with Gasteiger partial charge in [0.05, 0.1) is 23.7 Å². The molecule has 2 atom stereocenters. The molecule has 2 N–H and O–H groups in total. The maximum Gasteiger partial charge on any atom is 0.253 e. The van der Waals surface area contributed by atoms with E-state index in [0.29, 0.717) is 28.3 Å². The first kappa shape index (κ1) is 23.0. The van der Waals surface area contributed by atoms with Gasteiger partial charge in [0.1, 0.15) is 6.04 Å². The Kier molecular flexibility index (Phi) is 8.79. The van der Waals surface area contributed by atoms with Gasteiger partial charge in [0.2, 0.25) is 5.91 Å². The average Bonchev–Trinajstić information content (AvgIpc) is 2.70. The molecule has 8 heteroatoms. The summed E-state index contributed by atoms with van der Waals surface area (Å²) in [5, 5.41) is 5.91. The average molecular weight is 439 g/mol. The number of rotatable bonds is 9. The number of thioether (sulfide) groups is 1. The number of nitrogens with one attached hydrogen (secondary N) is 2. The molecule has 0 saturated carbocycles. The molecular weight excluding hydrogens is 415 g/mol. The van der Waals surface area contributed by atoms with Crippen molar-refractivity contribution in [3.8, 4) is 5.75 Å². The number of carbonyl (C=O) groups excluding carboxylic acids is 2. The van der Waals surface area contributed by atoms with Crippen LogP contribution in [-0.4, -0.2) is 37.0 Å². The van der Waals surface area contributed by atoms with Gasteiger partial charge in [-0.05, 0) is 55.2 Å². The maximum absolute atomic E-state index is 14.0. The van der Waals surface area contributed by atoms with E-state index in [-0.39, 0.29) is 11.7 Å². The summed E-state index contributed by atoms with van der Waals surface area (Å²) in [6, 6.07) is 9.99. The number of hydrogen-bond donors (Lipinski definition) is 2. The Morgan fingerprint density at radius 1 is 1.21 bits per heavy atom. The van der Waals surface area contributed by atoms with Crippen LogP contribution in [0.4, 0.5) is 4.39 Å². The van der Waals surface area contributed by atoms with Gasteiger partial charge in [-0.25, -0.2) is 4.39 Å². The maximum atomic E-state index is 14.0. The lowest BCUT2D eigenvalue weighted by atomic mass is 10.1. The molecule has 0 bridgehead atoms. The molecule has 0 heterocycles. The highest BCUT2D eigenvalue weighted by Gasteiger charge is 2.24. The summed E-state index contributed by atoms with van der Waals surface area (Å²) in [5.74, 6) is -0.441. The van der Waals surface area contributed by atoms with Gasteiger partial charge in [0, 0.05) is 0 Å². The van der Waals surface area contributed by atoms with Crippen LogP contribution in [0, 0.1) is 5.82 Å². The van der Waals surface area contributed by atoms with Gasteiger partial charge in [0.15, 0.2) is 11.6 Å². The molecule has 0 saturated heterocycles. The summed E-state index contributed by atoms with van der Waals surface area (Å²) in [5.41, 5.74) is 0.902. The highest BCUT2D eigenvalue weighted by atomic mass is 35.5.